The SMILES string of the molecule is COc1cc(Nc2nccc(Nc3cnc(N)c(C=N)c3)n2)ccc1OC1CC(N(C)C)C1.[HH].[HH].[HH]. The zero-order valence-corrected chi connectivity index (χ0v) is 18.9. The van der Waals surface area contributed by atoms with Gasteiger partial charge in [0.2, 0.25) is 5.95 Å². The molecule has 1 saturated carbocycles. The van der Waals surface area contributed by atoms with Gasteiger partial charge in [0.15, 0.2) is 11.5 Å². The summed E-state index contributed by atoms with van der Waals surface area (Å²) in [5.74, 6) is 2.66. The number of ether oxygens (including phenoxy) is 2. The highest BCUT2D eigenvalue weighted by Gasteiger charge is 2.32. The molecule has 0 unspecified atom stereocenters. The van der Waals surface area contributed by atoms with Gasteiger partial charge >= 0.3 is 0 Å². The van der Waals surface area contributed by atoms with Crippen LogP contribution in [0.2, 0.25) is 0 Å². The van der Waals surface area contributed by atoms with Crippen LogP contribution < -0.4 is 25.8 Å². The van der Waals surface area contributed by atoms with E-state index in [9.17, 15) is 0 Å². The van der Waals surface area contributed by atoms with Crippen molar-refractivity contribution in [2.75, 3.05) is 37.6 Å². The Balaban J connectivity index is 0.00000216. The molecule has 0 atom stereocenters. The van der Waals surface area contributed by atoms with Crippen LogP contribution in [0.3, 0.4) is 0 Å². The summed E-state index contributed by atoms with van der Waals surface area (Å²) < 4.78 is 11.7. The topological polar surface area (TPSA) is 134 Å². The highest BCUT2D eigenvalue weighted by Crippen LogP contribution is 2.36. The summed E-state index contributed by atoms with van der Waals surface area (Å²) in [6, 6.07) is 9.70. The predicted molar refractivity (Wildman–Crippen MR) is 136 cm³/mol. The van der Waals surface area contributed by atoms with Gasteiger partial charge in [-0.2, -0.15) is 4.98 Å². The summed E-state index contributed by atoms with van der Waals surface area (Å²) in [6.45, 7) is 0. The van der Waals surface area contributed by atoms with Crippen molar-refractivity contribution < 1.29 is 13.8 Å². The van der Waals surface area contributed by atoms with E-state index in [-0.39, 0.29) is 10.4 Å². The fourth-order valence-corrected chi connectivity index (χ4v) is 3.52. The van der Waals surface area contributed by atoms with Crippen LogP contribution in [0.5, 0.6) is 11.5 Å². The Morgan fingerprint density at radius 3 is 2.67 bits per heavy atom. The average molecular weight is 455 g/mol. The molecule has 0 bridgehead atoms. The maximum absolute atomic E-state index is 7.42. The van der Waals surface area contributed by atoms with Crippen LogP contribution in [0.4, 0.5) is 29.0 Å². The summed E-state index contributed by atoms with van der Waals surface area (Å²) in [7, 11) is 5.81. The highest BCUT2D eigenvalue weighted by molar-refractivity contribution is 5.85. The first-order valence-electron chi connectivity index (χ1n) is 10.6. The first-order chi connectivity index (χ1) is 15.9. The molecule has 0 saturated heterocycles. The van der Waals surface area contributed by atoms with Gasteiger partial charge in [0.05, 0.1) is 19.0 Å². The molecule has 5 N–H and O–H groups in total. The van der Waals surface area contributed by atoms with E-state index in [1.165, 1.54) is 0 Å². The zero-order valence-electron chi connectivity index (χ0n) is 18.9. The molecule has 0 spiro atoms. The fourth-order valence-electron chi connectivity index (χ4n) is 3.52. The highest BCUT2D eigenvalue weighted by atomic mass is 16.5. The summed E-state index contributed by atoms with van der Waals surface area (Å²) in [4.78, 5) is 15.1. The maximum atomic E-state index is 7.42. The summed E-state index contributed by atoms with van der Waals surface area (Å²) in [5, 5.41) is 13.8. The third-order valence-electron chi connectivity index (χ3n) is 5.55. The summed E-state index contributed by atoms with van der Waals surface area (Å²) in [6.07, 6.45) is 6.61. The Morgan fingerprint density at radius 2 is 1.94 bits per heavy atom. The fraction of sp³-hybridized carbons (Fsp3) is 0.304. The lowest BCUT2D eigenvalue weighted by atomic mass is 9.88. The molecule has 10 heteroatoms. The molecule has 10 nitrogen and oxygen atoms in total. The van der Waals surface area contributed by atoms with Gasteiger partial charge in [-0.1, -0.05) is 0 Å². The molecular weight excluding hydrogens is 420 g/mol. The molecule has 178 valence electrons. The predicted octanol–water partition coefficient (Wildman–Crippen LogP) is 4.16. The van der Waals surface area contributed by atoms with Crippen LogP contribution in [-0.2, 0) is 0 Å². The molecule has 2 aromatic heterocycles. The van der Waals surface area contributed by atoms with E-state index in [4.69, 9.17) is 20.6 Å². The van der Waals surface area contributed by atoms with E-state index >= 15 is 0 Å². The minimum atomic E-state index is 0. The van der Waals surface area contributed by atoms with Crippen molar-refractivity contribution >= 4 is 35.2 Å². The van der Waals surface area contributed by atoms with Gasteiger partial charge in [-0.25, -0.2) is 9.97 Å². The van der Waals surface area contributed by atoms with E-state index < -0.39 is 0 Å². The van der Waals surface area contributed by atoms with Crippen LogP contribution in [-0.4, -0.2) is 59.4 Å². The number of pyridine rings is 1. The van der Waals surface area contributed by atoms with Crippen LogP contribution >= 0.6 is 0 Å². The summed E-state index contributed by atoms with van der Waals surface area (Å²) >= 11 is 0. The summed E-state index contributed by atoms with van der Waals surface area (Å²) in [5.41, 5.74) is 7.72. The van der Waals surface area contributed by atoms with Crippen molar-refractivity contribution in [2.24, 2.45) is 0 Å². The Labute approximate surface area is 197 Å². The first kappa shape index (κ1) is 22.3. The zero-order chi connectivity index (χ0) is 23.4. The van der Waals surface area contributed by atoms with Gasteiger partial charge in [0.1, 0.15) is 17.7 Å². The number of nitrogens with one attached hydrogen (secondary N) is 3. The van der Waals surface area contributed by atoms with Crippen molar-refractivity contribution in [1.82, 2.24) is 19.9 Å². The molecule has 1 aromatic carbocycles. The number of hydrogen-bond acceptors (Lipinski definition) is 10. The normalized spacial score (nSPS) is 17.2. The van der Waals surface area contributed by atoms with E-state index in [0.717, 1.165) is 30.5 Å². The van der Waals surface area contributed by atoms with Crippen molar-refractivity contribution in [2.45, 2.75) is 25.0 Å². The third kappa shape index (κ3) is 5.29. The number of nitrogens with two attached hydrogens (primary N) is 1. The van der Waals surface area contributed by atoms with E-state index in [0.29, 0.717) is 40.6 Å². The molecule has 1 fully saturated rings. The van der Waals surface area contributed by atoms with Crippen molar-refractivity contribution in [3.05, 3.63) is 48.3 Å². The molecule has 0 aliphatic heterocycles. The van der Waals surface area contributed by atoms with Gasteiger partial charge in [0, 0.05) is 40.1 Å². The number of nitrogen functional groups attached to an aromatic ring is 1. The van der Waals surface area contributed by atoms with Crippen molar-refractivity contribution in [3.63, 3.8) is 0 Å². The lowest BCUT2D eigenvalue weighted by Crippen LogP contribution is -2.46. The Morgan fingerprint density at radius 1 is 1.12 bits per heavy atom. The van der Waals surface area contributed by atoms with Gasteiger partial charge in [-0.3, -0.25) is 0 Å². The third-order valence-corrected chi connectivity index (χ3v) is 5.55. The number of benzene rings is 1. The van der Waals surface area contributed by atoms with Crippen LogP contribution in [0, 0.1) is 5.41 Å². The second-order valence-electron chi connectivity index (χ2n) is 8.05. The van der Waals surface area contributed by atoms with Gasteiger partial charge in [-0.15, -0.1) is 0 Å². The standard InChI is InChI=1S/C23H28N8O2.3H2/c1-31(2)17-10-18(11-17)33-19-5-4-15(9-20(19)32-3)29-23-26-7-6-21(30-23)28-16-8-14(12-24)22(25)27-13-16;;;/h4-9,12-13,17-18,24H,10-11H2,1-3H3,(H2,25,27)(H2,26,28,29,30);3*1H. The van der Waals surface area contributed by atoms with Crippen LogP contribution in [0.1, 0.15) is 22.7 Å². The molecule has 1 aliphatic rings. The lowest BCUT2D eigenvalue weighted by Gasteiger charge is -2.39. The number of anilines is 5. The molecule has 0 amide bonds. The first-order valence-corrected chi connectivity index (χ1v) is 10.6. The molecule has 1 aliphatic carbocycles. The second-order valence-corrected chi connectivity index (χ2v) is 8.05. The smallest absolute Gasteiger partial charge is 0.229 e. The number of rotatable bonds is 9. The molecule has 33 heavy (non-hydrogen) atoms. The van der Waals surface area contributed by atoms with Gasteiger partial charge < -0.3 is 36.2 Å². The molecule has 3 aromatic rings. The molecule has 0 radical (unpaired) electrons. The lowest BCUT2D eigenvalue weighted by molar-refractivity contribution is 0.0383. The average Bonchev–Trinajstić information content (AvgIpc) is 2.77. The maximum Gasteiger partial charge on any atom is 0.229 e. The monoisotopic (exact) mass is 454 g/mol. The Hall–Kier alpha value is -3.92. The quantitative estimate of drug-likeness (QED) is 0.352. The minimum Gasteiger partial charge on any atom is -0.493 e. The number of hydrogen-bond donors (Lipinski definition) is 4. The van der Waals surface area contributed by atoms with Crippen molar-refractivity contribution in [3.8, 4) is 11.5 Å². The van der Waals surface area contributed by atoms with E-state index in [2.05, 4.69) is 44.6 Å². The molecule has 2 heterocycles. The molecule has 4 rings (SSSR count). The van der Waals surface area contributed by atoms with Gasteiger partial charge in [0.25, 0.3) is 0 Å². The number of aromatic nitrogens is 3. The Kier molecular flexibility index (Phi) is 6.55. The van der Waals surface area contributed by atoms with Gasteiger partial charge in [-0.05, 0) is 51.2 Å². The van der Waals surface area contributed by atoms with Crippen LogP contribution in [0.15, 0.2) is 42.7 Å². The second kappa shape index (κ2) is 9.70. The number of nitrogens with zero attached hydrogens (tertiary/aromatic N) is 4. The van der Waals surface area contributed by atoms with E-state index in [1.54, 1.807) is 31.6 Å². The minimum absolute atomic E-state index is 0. The van der Waals surface area contributed by atoms with Crippen LogP contribution in [0.25, 0.3) is 0 Å². The number of methoxy groups -OCH3 is 1. The Bertz CT molecular complexity index is 1150. The molecular formula is C23H34N8O2. The van der Waals surface area contributed by atoms with Crippen molar-refractivity contribution in [1.29, 1.82) is 5.41 Å². The van der Waals surface area contributed by atoms with E-state index in [1.807, 2.05) is 18.2 Å². The largest absolute Gasteiger partial charge is 0.493 e.